The molecule has 2 rings (SSSR count). The molecule has 3 heteroatoms. The highest BCUT2D eigenvalue weighted by molar-refractivity contribution is 5.40. The van der Waals surface area contributed by atoms with Crippen molar-refractivity contribution < 1.29 is 9.47 Å². The Morgan fingerprint density at radius 3 is 2.50 bits per heavy atom. The van der Waals surface area contributed by atoms with Crippen molar-refractivity contribution in [3.63, 3.8) is 0 Å². The number of para-hydroxylation sites is 2. The summed E-state index contributed by atoms with van der Waals surface area (Å²) in [4.78, 5) is 0. The third kappa shape index (κ3) is 2.32. The minimum Gasteiger partial charge on any atom is -0.490 e. The fourth-order valence-corrected chi connectivity index (χ4v) is 2.55. The monoisotopic (exact) mass is 249 g/mol. The first kappa shape index (κ1) is 13.2. The van der Waals surface area contributed by atoms with Crippen molar-refractivity contribution in [3.05, 3.63) is 24.3 Å². The summed E-state index contributed by atoms with van der Waals surface area (Å²) in [5, 5.41) is 3.34. The van der Waals surface area contributed by atoms with E-state index in [0.29, 0.717) is 12.6 Å². The van der Waals surface area contributed by atoms with Crippen LogP contribution in [-0.4, -0.2) is 25.8 Å². The topological polar surface area (TPSA) is 30.5 Å². The van der Waals surface area contributed by atoms with E-state index in [0.717, 1.165) is 17.9 Å². The molecule has 2 atom stereocenters. The lowest BCUT2D eigenvalue weighted by Gasteiger charge is -2.51. The minimum atomic E-state index is 0.161. The highest BCUT2D eigenvalue weighted by atomic mass is 16.5. The second-order valence-electron chi connectivity index (χ2n) is 5.38. The first-order valence-corrected chi connectivity index (χ1v) is 6.65. The van der Waals surface area contributed by atoms with Gasteiger partial charge < -0.3 is 14.8 Å². The normalized spacial score (nSPS) is 25.3. The van der Waals surface area contributed by atoms with Crippen LogP contribution in [0.2, 0.25) is 0 Å². The molecule has 0 aromatic heterocycles. The van der Waals surface area contributed by atoms with Crippen LogP contribution in [0.25, 0.3) is 0 Å². The molecular weight excluding hydrogens is 226 g/mol. The molecule has 100 valence electrons. The Bertz CT molecular complexity index is 403. The van der Waals surface area contributed by atoms with E-state index in [2.05, 4.69) is 19.2 Å². The first-order chi connectivity index (χ1) is 8.59. The third-order valence-corrected chi connectivity index (χ3v) is 3.94. The quantitative estimate of drug-likeness (QED) is 0.870. The van der Waals surface area contributed by atoms with Crippen molar-refractivity contribution >= 4 is 0 Å². The maximum Gasteiger partial charge on any atom is 0.161 e. The average Bonchev–Trinajstić information content (AvgIpc) is 2.36. The van der Waals surface area contributed by atoms with Gasteiger partial charge in [-0.1, -0.05) is 26.0 Å². The first-order valence-electron chi connectivity index (χ1n) is 6.65. The van der Waals surface area contributed by atoms with Crippen molar-refractivity contribution in [2.24, 2.45) is 5.41 Å². The van der Waals surface area contributed by atoms with Gasteiger partial charge in [0.2, 0.25) is 0 Å². The molecule has 1 saturated carbocycles. The van der Waals surface area contributed by atoms with E-state index in [1.165, 1.54) is 0 Å². The van der Waals surface area contributed by atoms with Gasteiger partial charge in [-0.15, -0.1) is 0 Å². The summed E-state index contributed by atoms with van der Waals surface area (Å²) >= 11 is 0. The summed E-state index contributed by atoms with van der Waals surface area (Å²) in [7, 11) is 2.01. The Balaban J connectivity index is 2.07. The smallest absolute Gasteiger partial charge is 0.161 e. The standard InChI is InChI=1S/C15H23NO2/c1-5-17-11-8-6-7-9-12(11)18-14-10-13(16-4)15(14,2)3/h6-9,13-14,16H,5,10H2,1-4H3. The van der Waals surface area contributed by atoms with Crippen LogP contribution in [0.1, 0.15) is 27.2 Å². The van der Waals surface area contributed by atoms with Gasteiger partial charge >= 0.3 is 0 Å². The van der Waals surface area contributed by atoms with Crippen molar-refractivity contribution in [1.29, 1.82) is 0 Å². The minimum absolute atomic E-state index is 0.161. The molecule has 1 aliphatic rings. The largest absolute Gasteiger partial charge is 0.490 e. The Morgan fingerprint density at radius 1 is 1.28 bits per heavy atom. The Morgan fingerprint density at radius 2 is 1.94 bits per heavy atom. The van der Waals surface area contributed by atoms with Gasteiger partial charge in [0, 0.05) is 17.9 Å². The van der Waals surface area contributed by atoms with Crippen molar-refractivity contribution in [1.82, 2.24) is 5.32 Å². The maximum absolute atomic E-state index is 6.12. The molecule has 18 heavy (non-hydrogen) atoms. The lowest BCUT2D eigenvalue weighted by molar-refractivity contribution is -0.0532. The molecule has 1 N–H and O–H groups in total. The van der Waals surface area contributed by atoms with Crippen molar-refractivity contribution in [2.75, 3.05) is 13.7 Å². The van der Waals surface area contributed by atoms with Crippen LogP contribution in [-0.2, 0) is 0 Å². The van der Waals surface area contributed by atoms with Crippen LogP contribution in [0.5, 0.6) is 11.5 Å². The molecular formula is C15H23NO2. The van der Waals surface area contributed by atoms with Crippen LogP contribution in [0, 0.1) is 5.41 Å². The van der Waals surface area contributed by atoms with E-state index < -0.39 is 0 Å². The van der Waals surface area contributed by atoms with Crippen molar-refractivity contribution in [2.45, 2.75) is 39.3 Å². The molecule has 1 aliphatic carbocycles. The lowest BCUT2D eigenvalue weighted by atomic mass is 9.64. The van der Waals surface area contributed by atoms with E-state index in [-0.39, 0.29) is 11.5 Å². The van der Waals surface area contributed by atoms with Gasteiger partial charge in [0.25, 0.3) is 0 Å². The molecule has 0 radical (unpaired) electrons. The molecule has 0 amide bonds. The summed E-state index contributed by atoms with van der Waals surface area (Å²) in [6.45, 7) is 7.13. The molecule has 1 aromatic carbocycles. The van der Waals surface area contributed by atoms with Gasteiger partial charge in [-0.05, 0) is 26.1 Å². The number of benzene rings is 1. The summed E-state index contributed by atoms with van der Waals surface area (Å²) in [5.41, 5.74) is 0.161. The van der Waals surface area contributed by atoms with E-state index in [1.54, 1.807) is 0 Å². The number of ether oxygens (including phenoxy) is 2. The van der Waals surface area contributed by atoms with E-state index in [1.807, 2.05) is 38.2 Å². The second-order valence-corrected chi connectivity index (χ2v) is 5.38. The van der Waals surface area contributed by atoms with Gasteiger partial charge in [0.15, 0.2) is 11.5 Å². The summed E-state index contributed by atoms with van der Waals surface area (Å²) in [6.07, 6.45) is 1.29. The molecule has 2 unspecified atom stereocenters. The van der Waals surface area contributed by atoms with Gasteiger partial charge in [-0.2, -0.15) is 0 Å². The van der Waals surface area contributed by atoms with Gasteiger partial charge in [-0.3, -0.25) is 0 Å². The van der Waals surface area contributed by atoms with Gasteiger partial charge in [-0.25, -0.2) is 0 Å². The fraction of sp³-hybridized carbons (Fsp3) is 0.600. The number of rotatable bonds is 5. The summed E-state index contributed by atoms with van der Waals surface area (Å²) < 4.78 is 11.7. The highest BCUT2D eigenvalue weighted by Gasteiger charge is 2.49. The number of hydrogen-bond donors (Lipinski definition) is 1. The Hall–Kier alpha value is -1.22. The van der Waals surface area contributed by atoms with Gasteiger partial charge in [0.05, 0.1) is 6.61 Å². The second kappa shape index (κ2) is 5.19. The molecule has 3 nitrogen and oxygen atoms in total. The molecule has 0 spiro atoms. The summed E-state index contributed by atoms with van der Waals surface area (Å²) in [6, 6.07) is 8.43. The number of nitrogens with one attached hydrogen (secondary N) is 1. The highest BCUT2D eigenvalue weighted by Crippen LogP contribution is 2.44. The molecule has 1 aromatic rings. The third-order valence-electron chi connectivity index (χ3n) is 3.94. The van der Waals surface area contributed by atoms with Gasteiger partial charge in [0.1, 0.15) is 6.10 Å². The average molecular weight is 249 g/mol. The van der Waals surface area contributed by atoms with Crippen LogP contribution >= 0.6 is 0 Å². The van der Waals surface area contributed by atoms with E-state index >= 15 is 0 Å². The lowest BCUT2D eigenvalue weighted by Crippen LogP contribution is -2.61. The Labute approximate surface area is 109 Å². The summed E-state index contributed by atoms with van der Waals surface area (Å²) in [5.74, 6) is 1.69. The van der Waals surface area contributed by atoms with Crippen LogP contribution in [0.15, 0.2) is 24.3 Å². The predicted octanol–water partition coefficient (Wildman–Crippen LogP) is 2.85. The molecule has 0 bridgehead atoms. The van der Waals surface area contributed by atoms with E-state index in [9.17, 15) is 0 Å². The zero-order valence-electron chi connectivity index (χ0n) is 11.7. The predicted molar refractivity (Wildman–Crippen MR) is 73.3 cm³/mol. The van der Waals surface area contributed by atoms with E-state index in [4.69, 9.17) is 9.47 Å². The number of hydrogen-bond acceptors (Lipinski definition) is 3. The van der Waals surface area contributed by atoms with Crippen LogP contribution < -0.4 is 14.8 Å². The fourth-order valence-electron chi connectivity index (χ4n) is 2.55. The zero-order chi connectivity index (χ0) is 13.2. The zero-order valence-corrected chi connectivity index (χ0v) is 11.7. The maximum atomic E-state index is 6.12. The molecule has 0 heterocycles. The van der Waals surface area contributed by atoms with Crippen LogP contribution in [0.4, 0.5) is 0 Å². The molecule has 1 fully saturated rings. The van der Waals surface area contributed by atoms with Crippen LogP contribution in [0.3, 0.4) is 0 Å². The Kier molecular flexibility index (Phi) is 3.81. The SMILES string of the molecule is CCOc1ccccc1OC1CC(NC)C1(C)C. The molecule has 0 saturated heterocycles. The molecule has 0 aliphatic heterocycles. The van der Waals surface area contributed by atoms with Crippen molar-refractivity contribution in [3.8, 4) is 11.5 Å².